The van der Waals surface area contributed by atoms with Crippen molar-refractivity contribution >= 4 is 109 Å². The Labute approximate surface area is 772 Å². The highest BCUT2D eigenvalue weighted by Crippen LogP contribution is 2.62. The average molecular weight is 1720 g/mol. The van der Waals surface area contributed by atoms with Crippen molar-refractivity contribution in [2.75, 3.05) is 0 Å². The minimum atomic E-state index is -0.116. The van der Waals surface area contributed by atoms with Gasteiger partial charge in [0.2, 0.25) is 0 Å². The van der Waals surface area contributed by atoms with Crippen LogP contribution in [0.1, 0.15) is 52.7 Å². The summed E-state index contributed by atoms with van der Waals surface area (Å²) in [6.45, 7) is 14.6. The third-order valence-electron chi connectivity index (χ3n) is 29.4. The van der Waals surface area contributed by atoms with Crippen LogP contribution in [0.5, 0.6) is 0 Å². The average Bonchev–Trinajstić information content (AvgIpc) is 1.53. The van der Waals surface area contributed by atoms with Crippen molar-refractivity contribution in [2.24, 2.45) is 5.41 Å². The Hall–Kier alpha value is -17.0. The maximum atomic E-state index is 6.75. The molecule has 0 unspecified atom stereocenters. The van der Waals surface area contributed by atoms with Crippen molar-refractivity contribution in [3.63, 3.8) is 0 Å². The first-order valence-electron chi connectivity index (χ1n) is 45.8. The molecule has 0 bridgehead atoms. The summed E-state index contributed by atoms with van der Waals surface area (Å²) in [4.78, 5) is 31.1. The molecule has 0 amide bonds. The number of hydrogen-bond acceptors (Lipinski definition) is 9. The van der Waals surface area contributed by atoms with Gasteiger partial charge < -0.3 is 22.4 Å². The van der Waals surface area contributed by atoms with E-state index in [4.69, 9.17) is 43.2 Å². The van der Waals surface area contributed by atoms with Gasteiger partial charge in [0.15, 0.2) is 34.9 Å². The van der Waals surface area contributed by atoms with Crippen LogP contribution in [0.15, 0.2) is 414 Å². The van der Waals surface area contributed by atoms with Crippen LogP contribution >= 0.6 is 0 Å². The Morgan fingerprint density at radius 3 is 1.10 bits per heavy atom. The molecular weight excluding hydrogens is 1640 g/mol. The molecule has 0 N–H and O–H groups in total. The fraction of sp³-hybridized carbons (Fsp3) is 0.0732. The van der Waals surface area contributed by atoms with Gasteiger partial charge in [-0.05, 0) is 204 Å². The molecule has 0 aliphatic heterocycles. The summed E-state index contributed by atoms with van der Waals surface area (Å²) in [6.07, 6.45) is 0. The van der Waals surface area contributed by atoms with Crippen LogP contribution in [0.25, 0.3) is 256 Å². The van der Waals surface area contributed by atoms with E-state index in [0.717, 1.165) is 210 Å². The monoisotopic (exact) mass is 1720 g/mol. The van der Waals surface area contributed by atoms with Crippen LogP contribution in [0, 0.1) is 5.41 Å². The quantitative estimate of drug-likeness (QED) is 0.105. The molecule has 18 aromatic carbocycles. The van der Waals surface area contributed by atoms with Crippen molar-refractivity contribution in [3.8, 4) is 146 Å². The number of nitrogens with zero attached hydrogens (tertiary/aromatic N) is 8. The molecule has 0 saturated heterocycles. The van der Waals surface area contributed by atoms with Gasteiger partial charge in [0, 0.05) is 104 Å². The molecule has 11 nitrogen and oxygen atoms in total. The molecule has 0 radical (unpaired) electrons. The van der Waals surface area contributed by atoms with E-state index in [1.54, 1.807) is 0 Å². The molecule has 1 aliphatic carbocycles. The maximum absolute atomic E-state index is 6.75. The van der Waals surface area contributed by atoms with Crippen molar-refractivity contribution < 1.29 is 13.3 Å². The molecule has 0 atom stereocenters. The number of aromatic nitrogens is 8. The topological polar surface area (TPSA) is 127 Å². The molecule has 1 aliphatic rings. The van der Waals surface area contributed by atoms with Crippen LogP contribution in [-0.2, 0) is 10.8 Å². The van der Waals surface area contributed by atoms with E-state index in [-0.39, 0.29) is 16.2 Å². The molecule has 26 rings (SSSR count). The summed E-state index contributed by atoms with van der Waals surface area (Å²) >= 11 is 0. The number of rotatable bonds is 14. The second kappa shape index (κ2) is 30.0. The van der Waals surface area contributed by atoms with Gasteiger partial charge in [0.05, 0.1) is 22.1 Å². The molecule has 11 heteroatoms. The summed E-state index contributed by atoms with van der Waals surface area (Å²) in [5, 5.41) is 11.1. The zero-order chi connectivity index (χ0) is 89.4. The maximum Gasteiger partial charge on any atom is 0.164 e. The fourth-order valence-corrected chi connectivity index (χ4v) is 21.3. The van der Waals surface area contributed by atoms with Crippen LogP contribution in [0.4, 0.5) is 0 Å². The van der Waals surface area contributed by atoms with Crippen molar-refractivity contribution in [2.45, 2.75) is 52.4 Å². The Balaban J connectivity index is 0.534. The molecular formula is C123H84N8O3. The SMILES string of the molecule is CC1(C)c2ccc(-n3c4ccc(-c5ccc6oc7cccc(-c8cccc(-c9nc(-c%10ccccc%10)nc(-c%10ccccc%10)n9)c8)c7c6c5)cc4c4ccc(-c5ccc(-c6nc(-c7ccccc7)nc(-c7cccc(-c8cccc9oc%10ccc(-c%11ccc%12c(c%11)c%11ccccc%11n%12-c%11ccc(-c%12cccc%13c%12oc%12ccccc%12%13)cc%11)cc%10c89)c7)n6)cc5)cc43)cc2C(C)(C)C1(C)C. The smallest absolute Gasteiger partial charge is 0.164 e. The Bertz CT molecular complexity index is 9090. The van der Waals surface area contributed by atoms with Crippen molar-refractivity contribution in [1.82, 2.24) is 39.0 Å². The number of benzene rings is 18. The second-order valence-electron chi connectivity index (χ2n) is 37.2. The lowest BCUT2D eigenvalue weighted by molar-refractivity contribution is 0.125. The predicted octanol–water partition coefficient (Wildman–Crippen LogP) is 32.5. The molecule has 634 valence electrons. The van der Waals surface area contributed by atoms with Gasteiger partial charge in [-0.15, -0.1) is 0 Å². The van der Waals surface area contributed by atoms with Gasteiger partial charge >= 0.3 is 0 Å². The zero-order valence-corrected chi connectivity index (χ0v) is 74.4. The van der Waals surface area contributed by atoms with Crippen LogP contribution < -0.4 is 0 Å². The number of hydrogen-bond donors (Lipinski definition) is 0. The van der Waals surface area contributed by atoms with Crippen LogP contribution in [-0.4, -0.2) is 39.0 Å². The van der Waals surface area contributed by atoms with E-state index >= 15 is 0 Å². The van der Waals surface area contributed by atoms with E-state index < -0.39 is 0 Å². The van der Waals surface area contributed by atoms with Gasteiger partial charge in [-0.3, -0.25) is 0 Å². The lowest BCUT2D eigenvalue weighted by Gasteiger charge is -2.44. The molecule has 0 fully saturated rings. The molecule has 0 saturated carbocycles. The summed E-state index contributed by atoms with van der Waals surface area (Å²) in [5.41, 5.74) is 32.6. The minimum absolute atomic E-state index is 0.0194. The van der Waals surface area contributed by atoms with Crippen molar-refractivity contribution in [1.29, 1.82) is 0 Å². The molecule has 0 spiro atoms. The summed E-state index contributed by atoms with van der Waals surface area (Å²) < 4.78 is 24.8. The Morgan fingerprint density at radius 1 is 0.194 bits per heavy atom. The van der Waals surface area contributed by atoms with E-state index in [1.165, 1.54) is 21.9 Å². The first kappa shape index (κ1) is 78.1. The number of furan rings is 3. The zero-order valence-electron chi connectivity index (χ0n) is 74.4. The third-order valence-corrected chi connectivity index (χ3v) is 29.4. The predicted molar refractivity (Wildman–Crippen MR) is 549 cm³/mol. The van der Waals surface area contributed by atoms with Gasteiger partial charge in [0.25, 0.3) is 0 Å². The van der Waals surface area contributed by atoms with Crippen LogP contribution in [0.2, 0.25) is 0 Å². The number of para-hydroxylation sites is 3. The van der Waals surface area contributed by atoms with Crippen molar-refractivity contribution in [3.05, 3.63) is 412 Å². The third kappa shape index (κ3) is 12.4. The Morgan fingerprint density at radius 2 is 0.552 bits per heavy atom. The molecule has 134 heavy (non-hydrogen) atoms. The van der Waals surface area contributed by atoms with Crippen LogP contribution in [0.3, 0.4) is 0 Å². The lowest BCUT2D eigenvalue weighted by atomic mass is 9.59. The van der Waals surface area contributed by atoms with E-state index in [1.807, 2.05) is 91.0 Å². The van der Waals surface area contributed by atoms with E-state index in [9.17, 15) is 0 Å². The lowest BCUT2D eigenvalue weighted by Crippen LogP contribution is -2.42. The Kier molecular flexibility index (Phi) is 17.5. The fourth-order valence-electron chi connectivity index (χ4n) is 21.3. The highest BCUT2D eigenvalue weighted by atomic mass is 16.3. The highest BCUT2D eigenvalue weighted by Gasteiger charge is 2.57. The first-order chi connectivity index (χ1) is 65.6. The molecule has 7 aromatic heterocycles. The highest BCUT2D eigenvalue weighted by molar-refractivity contribution is 6.18. The van der Waals surface area contributed by atoms with E-state index in [0.29, 0.717) is 34.9 Å². The second-order valence-corrected chi connectivity index (χ2v) is 37.2. The largest absolute Gasteiger partial charge is 0.456 e. The summed E-state index contributed by atoms with van der Waals surface area (Å²) in [7, 11) is 0. The minimum Gasteiger partial charge on any atom is -0.456 e. The summed E-state index contributed by atoms with van der Waals surface area (Å²) in [6, 6.07) is 143. The standard InChI is InChI=1S/C123H84N8O3/c1-121(2)101-60-58-89(72-102(101)122(3,4)123(121,5)6)131-105-62-53-80(82-55-64-109-100(70-82)113-90(37-23-44-111(113)133-109)84-31-20-33-86(65-84)119-126-115(75-25-10-7-11-26-75)124-116(127-119)76-27-12-8-13-28-76)68-98(105)94-59-51-83(71-106(94)131)73-45-47-78(48-46-73)118-125-117(77-29-14-9-15-30-77)128-120(129-118)87-34-21-32-85(66-87)91-38-24-43-110-112(91)99-69-81(54-63-108(99)132-110)79-52-61-104-97(67-79)93-35-16-18-41-103(93)130(104)88-56-49-74(50-57-88)92-39-22-40-96-95-36-17-19-42-107(95)134-114(92)96/h7-72H,1-6H3. The van der Waals surface area contributed by atoms with Gasteiger partial charge in [-0.2, -0.15) is 0 Å². The normalized spacial score (nSPS) is 13.5. The molecule has 7 heterocycles. The summed E-state index contributed by atoms with van der Waals surface area (Å²) in [5.74, 6) is 3.55. The first-order valence-corrected chi connectivity index (χ1v) is 45.8. The van der Waals surface area contributed by atoms with Gasteiger partial charge in [-0.1, -0.05) is 327 Å². The van der Waals surface area contributed by atoms with E-state index in [2.05, 4.69) is 360 Å². The molecule has 25 aromatic rings. The number of fused-ring (bicyclic) bond motifs is 16. The van der Waals surface area contributed by atoms with Gasteiger partial charge in [0.1, 0.15) is 33.5 Å². The van der Waals surface area contributed by atoms with Gasteiger partial charge in [-0.25, -0.2) is 29.9 Å².